The van der Waals surface area contributed by atoms with E-state index in [1.54, 1.807) is 12.7 Å². The number of nitrogens with one attached hydrogen (secondary N) is 2. The molecule has 0 aliphatic rings. The van der Waals surface area contributed by atoms with Gasteiger partial charge in [0.1, 0.15) is 12.7 Å². The summed E-state index contributed by atoms with van der Waals surface area (Å²) in [7, 11) is 0. The van der Waals surface area contributed by atoms with Crippen LogP contribution in [0.5, 0.6) is 0 Å². The van der Waals surface area contributed by atoms with Gasteiger partial charge >= 0.3 is 0 Å². The molecular formula is C21H29IN6S. The molecule has 2 heterocycles. The SMILES string of the molecule is CCNC(=NCc1cccc(Cn2cncn2)c1)NCC(C)Cc1cccs1.I. The second-order valence-electron chi connectivity index (χ2n) is 6.88. The zero-order valence-corrected chi connectivity index (χ0v) is 20.1. The fourth-order valence-corrected chi connectivity index (χ4v) is 3.82. The number of hydrogen-bond acceptors (Lipinski definition) is 4. The van der Waals surface area contributed by atoms with Crippen LogP contribution in [0.1, 0.15) is 29.9 Å². The number of thiophene rings is 1. The number of guanidine groups is 1. The monoisotopic (exact) mass is 524 g/mol. The first-order chi connectivity index (χ1) is 13.7. The van der Waals surface area contributed by atoms with E-state index in [0.717, 1.165) is 32.0 Å². The fraction of sp³-hybridized carbons (Fsp3) is 0.381. The van der Waals surface area contributed by atoms with Gasteiger partial charge in [0.05, 0.1) is 13.1 Å². The maximum absolute atomic E-state index is 4.75. The molecule has 3 aromatic rings. The van der Waals surface area contributed by atoms with Gasteiger partial charge in [-0.25, -0.2) is 14.7 Å². The Morgan fingerprint density at radius 1 is 1.21 bits per heavy atom. The summed E-state index contributed by atoms with van der Waals surface area (Å²) < 4.78 is 1.82. The van der Waals surface area contributed by atoms with Gasteiger partial charge in [0.2, 0.25) is 0 Å². The van der Waals surface area contributed by atoms with Crippen molar-refractivity contribution in [3.63, 3.8) is 0 Å². The third-order valence-electron chi connectivity index (χ3n) is 4.31. The predicted molar refractivity (Wildman–Crippen MR) is 131 cm³/mol. The Morgan fingerprint density at radius 2 is 2.07 bits per heavy atom. The normalized spacial score (nSPS) is 12.3. The van der Waals surface area contributed by atoms with Crippen molar-refractivity contribution in [3.8, 4) is 0 Å². The van der Waals surface area contributed by atoms with Crippen molar-refractivity contribution in [2.45, 2.75) is 33.4 Å². The highest BCUT2D eigenvalue weighted by atomic mass is 127. The van der Waals surface area contributed by atoms with Crippen molar-refractivity contribution in [1.82, 2.24) is 25.4 Å². The molecule has 0 radical (unpaired) electrons. The molecule has 0 fully saturated rings. The first-order valence-electron chi connectivity index (χ1n) is 9.67. The summed E-state index contributed by atoms with van der Waals surface area (Å²) in [5.74, 6) is 1.41. The summed E-state index contributed by atoms with van der Waals surface area (Å²) in [5.41, 5.74) is 2.38. The van der Waals surface area contributed by atoms with Crippen LogP contribution in [0.15, 0.2) is 59.4 Å². The van der Waals surface area contributed by atoms with E-state index in [0.29, 0.717) is 12.5 Å². The van der Waals surface area contributed by atoms with Gasteiger partial charge in [-0.2, -0.15) is 5.10 Å². The van der Waals surface area contributed by atoms with Crippen LogP contribution in [0.3, 0.4) is 0 Å². The number of aromatic nitrogens is 3. The Hall–Kier alpha value is -1.94. The number of rotatable bonds is 9. The van der Waals surface area contributed by atoms with E-state index in [1.165, 1.54) is 16.0 Å². The summed E-state index contributed by atoms with van der Waals surface area (Å²) in [5, 5.41) is 13.1. The highest BCUT2D eigenvalue weighted by Gasteiger charge is 2.06. The molecule has 29 heavy (non-hydrogen) atoms. The molecule has 1 aromatic carbocycles. The molecule has 6 nitrogen and oxygen atoms in total. The van der Waals surface area contributed by atoms with E-state index in [1.807, 2.05) is 16.0 Å². The molecule has 0 saturated heterocycles. The third kappa shape index (κ3) is 8.14. The summed E-state index contributed by atoms with van der Waals surface area (Å²) in [6.07, 6.45) is 4.38. The van der Waals surface area contributed by atoms with Crippen LogP contribution in [0.4, 0.5) is 0 Å². The van der Waals surface area contributed by atoms with Crippen LogP contribution in [0, 0.1) is 5.92 Å². The largest absolute Gasteiger partial charge is 0.357 e. The van der Waals surface area contributed by atoms with Crippen LogP contribution >= 0.6 is 35.3 Å². The molecule has 0 saturated carbocycles. The molecule has 3 rings (SSSR count). The molecule has 0 amide bonds. The van der Waals surface area contributed by atoms with Gasteiger partial charge in [-0.05, 0) is 41.8 Å². The van der Waals surface area contributed by atoms with Crippen LogP contribution in [0.2, 0.25) is 0 Å². The predicted octanol–water partition coefficient (Wildman–Crippen LogP) is 3.94. The lowest BCUT2D eigenvalue weighted by molar-refractivity contribution is 0.562. The molecular weight excluding hydrogens is 495 g/mol. The molecule has 1 unspecified atom stereocenters. The summed E-state index contributed by atoms with van der Waals surface area (Å²) >= 11 is 1.82. The van der Waals surface area contributed by atoms with E-state index < -0.39 is 0 Å². The maximum atomic E-state index is 4.75. The molecule has 1 atom stereocenters. The standard InChI is InChI=1S/C21H28N6S.HI/c1-3-23-21(24-12-17(2)10-20-8-5-9-28-20)25-13-18-6-4-7-19(11-18)14-27-16-22-15-26-27;/h4-9,11,15-17H,3,10,12-14H2,1-2H3,(H2,23,24,25);1H. The summed E-state index contributed by atoms with van der Waals surface area (Å²) in [6, 6.07) is 12.8. The first-order valence-corrected chi connectivity index (χ1v) is 10.6. The molecule has 0 aliphatic heterocycles. The van der Waals surface area contributed by atoms with Crippen molar-refractivity contribution in [2.24, 2.45) is 10.9 Å². The number of benzene rings is 1. The molecule has 8 heteroatoms. The highest BCUT2D eigenvalue weighted by molar-refractivity contribution is 14.0. The quantitative estimate of drug-likeness (QED) is 0.253. The minimum Gasteiger partial charge on any atom is -0.357 e. The number of nitrogens with zero attached hydrogens (tertiary/aromatic N) is 4. The minimum atomic E-state index is 0. The smallest absolute Gasteiger partial charge is 0.191 e. The lowest BCUT2D eigenvalue weighted by Crippen LogP contribution is -2.39. The van der Waals surface area contributed by atoms with Crippen LogP contribution in [0.25, 0.3) is 0 Å². The van der Waals surface area contributed by atoms with Crippen molar-refractivity contribution in [2.75, 3.05) is 13.1 Å². The topological polar surface area (TPSA) is 67.1 Å². The van der Waals surface area contributed by atoms with Crippen molar-refractivity contribution >= 4 is 41.3 Å². The Morgan fingerprint density at radius 3 is 2.79 bits per heavy atom. The van der Waals surface area contributed by atoms with E-state index in [9.17, 15) is 0 Å². The molecule has 2 N–H and O–H groups in total. The lowest BCUT2D eigenvalue weighted by Gasteiger charge is -2.15. The molecule has 0 aliphatic carbocycles. The highest BCUT2D eigenvalue weighted by Crippen LogP contribution is 2.14. The lowest BCUT2D eigenvalue weighted by atomic mass is 10.1. The average molecular weight is 524 g/mol. The zero-order chi connectivity index (χ0) is 19.6. The third-order valence-corrected chi connectivity index (χ3v) is 5.21. The molecule has 156 valence electrons. The van der Waals surface area contributed by atoms with Crippen molar-refractivity contribution in [1.29, 1.82) is 0 Å². The summed E-state index contributed by atoms with van der Waals surface area (Å²) in [6.45, 7) is 7.46. The van der Waals surface area contributed by atoms with E-state index in [4.69, 9.17) is 4.99 Å². The van der Waals surface area contributed by atoms with Gasteiger partial charge in [-0.1, -0.05) is 37.3 Å². The first kappa shape index (κ1) is 23.3. The second kappa shape index (κ2) is 12.6. The van der Waals surface area contributed by atoms with Crippen LogP contribution < -0.4 is 10.6 Å². The fourth-order valence-electron chi connectivity index (χ4n) is 2.96. The number of halogens is 1. The Kier molecular flexibility index (Phi) is 10.1. The number of hydrogen-bond donors (Lipinski definition) is 2. The van der Waals surface area contributed by atoms with E-state index >= 15 is 0 Å². The maximum Gasteiger partial charge on any atom is 0.191 e. The summed E-state index contributed by atoms with van der Waals surface area (Å²) in [4.78, 5) is 10.2. The van der Waals surface area contributed by atoms with Crippen LogP contribution in [-0.4, -0.2) is 33.8 Å². The Labute approximate surface area is 193 Å². The molecule has 2 aromatic heterocycles. The van der Waals surface area contributed by atoms with Gasteiger partial charge < -0.3 is 10.6 Å². The van der Waals surface area contributed by atoms with Gasteiger partial charge in [0.15, 0.2) is 5.96 Å². The van der Waals surface area contributed by atoms with Gasteiger partial charge in [-0.3, -0.25) is 0 Å². The van der Waals surface area contributed by atoms with E-state index in [2.05, 4.69) is 76.3 Å². The second-order valence-corrected chi connectivity index (χ2v) is 7.91. The van der Waals surface area contributed by atoms with Crippen molar-refractivity contribution in [3.05, 3.63) is 70.4 Å². The van der Waals surface area contributed by atoms with Gasteiger partial charge in [-0.15, -0.1) is 35.3 Å². The van der Waals surface area contributed by atoms with Crippen LogP contribution in [-0.2, 0) is 19.5 Å². The number of aliphatic imine (C=N–C) groups is 1. The van der Waals surface area contributed by atoms with E-state index in [-0.39, 0.29) is 24.0 Å². The Balaban J connectivity index is 0.00000300. The van der Waals surface area contributed by atoms with Gasteiger partial charge in [0, 0.05) is 18.0 Å². The van der Waals surface area contributed by atoms with Gasteiger partial charge in [0.25, 0.3) is 0 Å². The minimum absolute atomic E-state index is 0. The molecule has 0 spiro atoms. The zero-order valence-electron chi connectivity index (χ0n) is 16.9. The molecule has 0 bridgehead atoms. The van der Waals surface area contributed by atoms with Crippen molar-refractivity contribution < 1.29 is 0 Å². The Bertz CT molecular complexity index is 848. The average Bonchev–Trinajstić information content (AvgIpc) is 3.39.